The van der Waals surface area contributed by atoms with E-state index in [2.05, 4.69) is 70.5 Å². The van der Waals surface area contributed by atoms with Crippen LogP contribution in [-0.4, -0.2) is 6.11 Å². The average Bonchev–Trinajstić information content (AvgIpc) is 2.83. The minimum Gasteiger partial charge on any atom is -0.429 e. The molecule has 0 spiro atoms. The second-order valence-corrected chi connectivity index (χ2v) is 8.06. The van der Waals surface area contributed by atoms with E-state index in [-0.39, 0.29) is 39.0 Å². The van der Waals surface area contributed by atoms with Gasteiger partial charge in [-0.2, -0.15) is 8.78 Å². The Hall–Kier alpha value is -4.52. The Balaban J connectivity index is 5.29. The first-order valence-corrected chi connectivity index (χ1v) is 10.9. The van der Waals surface area contributed by atoms with Crippen LogP contribution in [0.25, 0.3) is 0 Å². The standard InChI is InChI=1S/C32H30F6O/c1-19(2)16-30(35)27(10)32(37,38)39-25(8)15-14-21(4)23(6)17-29(34)26(9)22(5)13-12-20(3)24(7)18-31(36)28(11)33/h12-18H,1,3-11H2,2H3/b13-12-,15-14-,29-17+,30-16+,31-18+. The fraction of sp³-hybridized carbons (Fsp3) is 0.0625. The summed E-state index contributed by atoms with van der Waals surface area (Å²) in [6.45, 7) is 35.7. The summed E-state index contributed by atoms with van der Waals surface area (Å²) in [5.74, 6) is -5.18. The Morgan fingerprint density at radius 2 is 1.00 bits per heavy atom. The fourth-order valence-corrected chi connectivity index (χ4v) is 2.22. The Labute approximate surface area is 226 Å². The third-order valence-corrected chi connectivity index (χ3v) is 4.59. The maximum atomic E-state index is 14.7. The summed E-state index contributed by atoms with van der Waals surface area (Å²) in [4.78, 5) is 0. The lowest BCUT2D eigenvalue weighted by atomic mass is 10.0. The molecule has 206 valence electrons. The number of rotatable bonds is 16. The van der Waals surface area contributed by atoms with Gasteiger partial charge in [-0.15, -0.1) is 0 Å². The Morgan fingerprint density at radius 1 is 0.564 bits per heavy atom. The molecule has 0 saturated carbocycles. The van der Waals surface area contributed by atoms with Crippen LogP contribution in [0.1, 0.15) is 6.92 Å². The SMILES string of the molecule is C=C(C)/C=C(/F)C(=C)C(F)(F)OC(=C)/C=C\C(=C)C(=C)/C=C(/F)C(=C)C(=C)/C=C\C(=C)C(=C)/C=C(/F)C(=C)F. The topological polar surface area (TPSA) is 9.23 Å². The summed E-state index contributed by atoms with van der Waals surface area (Å²) in [5.41, 5.74) is -0.654. The second kappa shape index (κ2) is 15.0. The Bertz CT molecular complexity index is 1310. The van der Waals surface area contributed by atoms with Crippen LogP contribution >= 0.6 is 0 Å². The summed E-state index contributed by atoms with van der Waals surface area (Å²) in [6, 6.07) is 0. The predicted octanol–water partition coefficient (Wildman–Crippen LogP) is 10.7. The van der Waals surface area contributed by atoms with E-state index in [1.807, 2.05) is 0 Å². The molecule has 0 bridgehead atoms. The lowest BCUT2D eigenvalue weighted by Crippen LogP contribution is -2.23. The van der Waals surface area contributed by atoms with Crippen molar-refractivity contribution in [1.82, 2.24) is 0 Å². The van der Waals surface area contributed by atoms with E-state index >= 15 is 0 Å². The lowest BCUT2D eigenvalue weighted by Gasteiger charge is -2.19. The van der Waals surface area contributed by atoms with Crippen LogP contribution in [0.2, 0.25) is 0 Å². The Kier molecular flexibility index (Phi) is 13.3. The largest absolute Gasteiger partial charge is 0.429 e. The van der Waals surface area contributed by atoms with E-state index in [0.29, 0.717) is 0 Å². The van der Waals surface area contributed by atoms with Crippen molar-refractivity contribution >= 4 is 0 Å². The zero-order valence-electron chi connectivity index (χ0n) is 21.8. The average molecular weight is 545 g/mol. The van der Waals surface area contributed by atoms with Gasteiger partial charge in [0.05, 0.1) is 5.57 Å². The van der Waals surface area contributed by atoms with Crippen LogP contribution in [0.5, 0.6) is 0 Å². The van der Waals surface area contributed by atoms with Crippen LogP contribution in [0.15, 0.2) is 182 Å². The molecule has 0 aliphatic rings. The summed E-state index contributed by atoms with van der Waals surface area (Å²) in [5, 5.41) is 0. The highest BCUT2D eigenvalue weighted by Gasteiger charge is 2.38. The first-order chi connectivity index (χ1) is 17.8. The van der Waals surface area contributed by atoms with Crippen molar-refractivity contribution in [3.63, 3.8) is 0 Å². The molecule has 39 heavy (non-hydrogen) atoms. The minimum atomic E-state index is -4.10. The van der Waals surface area contributed by atoms with E-state index in [1.165, 1.54) is 25.2 Å². The highest BCUT2D eigenvalue weighted by molar-refractivity contribution is 5.54. The third kappa shape index (κ3) is 12.0. The van der Waals surface area contributed by atoms with Gasteiger partial charge in [0.1, 0.15) is 17.4 Å². The minimum absolute atomic E-state index is 0.0472. The van der Waals surface area contributed by atoms with Crippen LogP contribution < -0.4 is 0 Å². The van der Waals surface area contributed by atoms with Crippen molar-refractivity contribution in [1.29, 1.82) is 0 Å². The van der Waals surface area contributed by atoms with Gasteiger partial charge >= 0.3 is 6.11 Å². The summed E-state index contributed by atoms with van der Waals surface area (Å²) >= 11 is 0. The van der Waals surface area contributed by atoms with Crippen LogP contribution in [0, 0.1) is 0 Å². The van der Waals surface area contributed by atoms with Crippen molar-refractivity contribution in [2.24, 2.45) is 0 Å². The van der Waals surface area contributed by atoms with Crippen LogP contribution in [-0.2, 0) is 4.74 Å². The van der Waals surface area contributed by atoms with Gasteiger partial charge in [0.2, 0.25) is 0 Å². The first kappa shape index (κ1) is 34.5. The van der Waals surface area contributed by atoms with E-state index < -0.39 is 40.7 Å². The van der Waals surface area contributed by atoms with Gasteiger partial charge in [0.25, 0.3) is 0 Å². The van der Waals surface area contributed by atoms with Gasteiger partial charge in [-0.1, -0.05) is 89.6 Å². The summed E-state index contributed by atoms with van der Waals surface area (Å²) < 4.78 is 87.2. The molecular formula is C32H30F6O. The van der Waals surface area contributed by atoms with Gasteiger partial charge in [-0.3, -0.25) is 0 Å². The molecule has 0 saturated heterocycles. The van der Waals surface area contributed by atoms with E-state index in [1.54, 1.807) is 0 Å². The van der Waals surface area contributed by atoms with Crippen molar-refractivity contribution < 1.29 is 31.1 Å². The normalized spacial score (nSPS) is 12.7. The number of ether oxygens (including phenoxy) is 1. The summed E-state index contributed by atoms with van der Waals surface area (Å²) in [7, 11) is 0. The van der Waals surface area contributed by atoms with Crippen molar-refractivity contribution in [2.45, 2.75) is 13.0 Å². The zero-order valence-corrected chi connectivity index (χ0v) is 21.8. The fourth-order valence-electron chi connectivity index (χ4n) is 2.22. The van der Waals surface area contributed by atoms with Gasteiger partial charge in [-0.05, 0) is 59.1 Å². The van der Waals surface area contributed by atoms with Gasteiger partial charge < -0.3 is 4.74 Å². The Morgan fingerprint density at radius 3 is 1.46 bits per heavy atom. The molecule has 0 aromatic rings. The van der Waals surface area contributed by atoms with Gasteiger partial charge in [-0.25, -0.2) is 17.6 Å². The molecule has 0 rings (SSSR count). The van der Waals surface area contributed by atoms with E-state index in [4.69, 9.17) is 0 Å². The first-order valence-electron chi connectivity index (χ1n) is 10.9. The number of hydrogen-bond acceptors (Lipinski definition) is 1. The van der Waals surface area contributed by atoms with Crippen molar-refractivity contribution in [3.8, 4) is 0 Å². The van der Waals surface area contributed by atoms with Gasteiger partial charge in [0, 0.05) is 5.57 Å². The molecular weight excluding hydrogens is 514 g/mol. The molecule has 0 aromatic heterocycles. The maximum Gasteiger partial charge on any atom is 0.428 e. The molecule has 0 amide bonds. The molecule has 0 radical (unpaired) electrons. The predicted molar refractivity (Wildman–Crippen MR) is 150 cm³/mol. The third-order valence-electron chi connectivity index (χ3n) is 4.59. The molecule has 0 aliphatic carbocycles. The van der Waals surface area contributed by atoms with Gasteiger partial charge in [0.15, 0.2) is 11.7 Å². The molecule has 7 heteroatoms. The molecule has 0 N–H and O–H groups in total. The van der Waals surface area contributed by atoms with E-state index in [9.17, 15) is 26.3 Å². The highest BCUT2D eigenvalue weighted by atomic mass is 19.3. The number of allylic oxidation sites excluding steroid dienone is 17. The van der Waals surface area contributed by atoms with Crippen molar-refractivity contribution in [2.75, 3.05) is 0 Å². The molecule has 0 heterocycles. The smallest absolute Gasteiger partial charge is 0.428 e. The quantitative estimate of drug-likeness (QED) is 0.107. The number of alkyl halides is 2. The number of hydrogen-bond donors (Lipinski definition) is 0. The van der Waals surface area contributed by atoms with Crippen LogP contribution in [0.4, 0.5) is 26.3 Å². The molecule has 0 unspecified atom stereocenters. The van der Waals surface area contributed by atoms with E-state index in [0.717, 1.165) is 24.3 Å². The van der Waals surface area contributed by atoms with Crippen molar-refractivity contribution in [3.05, 3.63) is 182 Å². The number of halogens is 6. The molecule has 0 aromatic carbocycles. The molecule has 1 nitrogen and oxygen atoms in total. The molecule has 0 aliphatic heterocycles. The highest BCUT2D eigenvalue weighted by Crippen LogP contribution is 2.33. The molecule has 0 fully saturated rings. The lowest BCUT2D eigenvalue weighted by molar-refractivity contribution is -0.177. The maximum absolute atomic E-state index is 14.7. The summed E-state index contributed by atoms with van der Waals surface area (Å²) in [6.07, 6.45) is 3.32. The zero-order chi connectivity index (χ0) is 30.7. The second-order valence-electron chi connectivity index (χ2n) is 8.06. The molecule has 0 atom stereocenters. The monoisotopic (exact) mass is 544 g/mol. The van der Waals surface area contributed by atoms with Crippen LogP contribution in [0.3, 0.4) is 0 Å².